The summed E-state index contributed by atoms with van der Waals surface area (Å²) in [6, 6.07) is 16.4. The molecule has 3 aromatic rings. The first kappa shape index (κ1) is 13.8. The fraction of sp³-hybridized carbons (Fsp3) is 0.0625. The Kier molecular flexibility index (Phi) is 3.57. The van der Waals surface area contributed by atoms with Gasteiger partial charge in [-0.3, -0.25) is 0 Å². The normalized spacial score (nSPS) is 10.4. The monoisotopic (exact) mass is 295 g/mol. The van der Waals surface area contributed by atoms with Crippen LogP contribution < -0.4 is 4.74 Å². The molecule has 0 aliphatic heterocycles. The van der Waals surface area contributed by atoms with E-state index in [9.17, 15) is 9.90 Å². The van der Waals surface area contributed by atoms with Gasteiger partial charge in [0.05, 0.1) is 12.8 Å². The summed E-state index contributed by atoms with van der Waals surface area (Å²) in [6.45, 7) is 0. The second kappa shape index (κ2) is 5.69. The summed E-state index contributed by atoms with van der Waals surface area (Å²) in [5, 5.41) is 17.2. The molecule has 0 amide bonds. The summed E-state index contributed by atoms with van der Waals surface area (Å²) < 4.78 is 6.83. The average molecular weight is 295 g/mol. The van der Waals surface area contributed by atoms with Gasteiger partial charge in [0.25, 0.3) is 0 Å². The molecule has 0 saturated carbocycles. The molecule has 0 aliphatic rings. The van der Waals surface area contributed by atoms with E-state index in [1.54, 1.807) is 12.1 Å². The van der Waals surface area contributed by atoms with Crippen LogP contribution in [-0.4, -0.2) is 33.2 Å². The Morgan fingerprint density at radius 3 is 2.45 bits per heavy atom. The number of hydrogen-bond acceptors (Lipinski definition) is 4. The van der Waals surface area contributed by atoms with Crippen molar-refractivity contribution < 1.29 is 14.6 Å². The summed E-state index contributed by atoms with van der Waals surface area (Å²) in [7, 11) is 1.54. The minimum atomic E-state index is -1.14. The lowest BCUT2D eigenvalue weighted by atomic mass is 10.1. The summed E-state index contributed by atoms with van der Waals surface area (Å²) >= 11 is 0. The molecular formula is C16H13N3O3. The fourth-order valence-corrected chi connectivity index (χ4v) is 2.26. The predicted molar refractivity (Wildman–Crippen MR) is 80.3 cm³/mol. The van der Waals surface area contributed by atoms with Crippen molar-refractivity contribution in [2.75, 3.05) is 7.11 Å². The highest BCUT2D eigenvalue weighted by Crippen LogP contribution is 2.32. The van der Waals surface area contributed by atoms with Crippen LogP contribution in [0.1, 0.15) is 10.5 Å². The van der Waals surface area contributed by atoms with Crippen LogP contribution >= 0.6 is 0 Å². The first-order valence-corrected chi connectivity index (χ1v) is 6.60. The summed E-state index contributed by atoms with van der Waals surface area (Å²) in [6.07, 6.45) is 0. The Balaban J connectivity index is 2.29. The summed E-state index contributed by atoms with van der Waals surface area (Å²) in [5.74, 6) is -0.576. The van der Waals surface area contributed by atoms with Gasteiger partial charge in [-0.25, -0.2) is 9.48 Å². The lowest BCUT2D eigenvalue weighted by molar-refractivity contribution is 0.0691. The van der Waals surface area contributed by atoms with E-state index < -0.39 is 5.97 Å². The number of para-hydroxylation sites is 2. The van der Waals surface area contributed by atoms with Crippen molar-refractivity contribution in [2.24, 2.45) is 0 Å². The van der Waals surface area contributed by atoms with Gasteiger partial charge in [0.2, 0.25) is 0 Å². The van der Waals surface area contributed by atoms with E-state index in [0.717, 1.165) is 5.69 Å². The van der Waals surface area contributed by atoms with Gasteiger partial charge in [0.1, 0.15) is 11.4 Å². The van der Waals surface area contributed by atoms with Crippen LogP contribution in [0.4, 0.5) is 0 Å². The Morgan fingerprint density at radius 1 is 1.09 bits per heavy atom. The molecule has 0 saturated heterocycles. The van der Waals surface area contributed by atoms with E-state index >= 15 is 0 Å². The number of nitrogens with zero attached hydrogens (tertiary/aromatic N) is 3. The minimum Gasteiger partial charge on any atom is -0.496 e. The predicted octanol–water partition coefficient (Wildman–Crippen LogP) is 2.64. The standard InChI is InChI=1S/C16H13N3O3/c1-22-13-10-6-5-9-12(13)15-14(16(20)21)17-18-19(15)11-7-3-2-4-8-11/h2-10H,1H3,(H,20,21). The zero-order valence-corrected chi connectivity index (χ0v) is 11.8. The third-order valence-corrected chi connectivity index (χ3v) is 3.24. The number of aromatic carboxylic acids is 1. The molecule has 22 heavy (non-hydrogen) atoms. The minimum absolute atomic E-state index is 0.117. The first-order valence-electron chi connectivity index (χ1n) is 6.60. The number of ether oxygens (including phenoxy) is 1. The van der Waals surface area contributed by atoms with E-state index in [2.05, 4.69) is 10.3 Å². The van der Waals surface area contributed by atoms with Crippen LogP contribution in [-0.2, 0) is 0 Å². The Hall–Kier alpha value is -3.15. The maximum Gasteiger partial charge on any atom is 0.358 e. The molecule has 3 rings (SSSR count). The van der Waals surface area contributed by atoms with Gasteiger partial charge in [-0.15, -0.1) is 5.10 Å². The molecule has 1 N–H and O–H groups in total. The third-order valence-electron chi connectivity index (χ3n) is 3.24. The van der Waals surface area contributed by atoms with Crippen LogP contribution in [0, 0.1) is 0 Å². The van der Waals surface area contributed by atoms with Gasteiger partial charge >= 0.3 is 5.97 Å². The molecule has 6 nitrogen and oxygen atoms in total. The van der Waals surface area contributed by atoms with Gasteiger partial charge in [-0.2, -0.15) is 0 Å². The summed E-state index contributed by atoms with van der Waals surface area (Å²) in [5.41, 5.74) is 1.61. The van der Waals surface area contributed by atoms with Crippen molar-refractivity contribution >= 4 is 5.97 Å². The smallest absolute Gasteiger partial charge is 0.358 e. The molecule has 0 bridgehead atoms. The maximum atomic E-state index is 11.5. The van der Waals surface area contributed by atoms with Crippen molar-refractivity contribution in [2.45, 2.75) is 0 Å². The van der Waals surface area contributed by atoms with Gasteiger partial charge in [0, 0.05) is 5.56 Å². The molecule has 0 spiro atoms. The lowest BCUT2D eigenvalue weighted by Gasteiger charge is -2.10. The molecule has 1 aromatic heterocycles. The van der Waals surface area contributed by atoms with Crippen LogP contribution in [0.3, 0.4) is 0 Å². The van der Waals surface area contributed by atoms with Crippen molar-refractivity contribution in [1.82, 2.24) is 15.0 Å². The topological polar surface area (TPSA) is 77.2 Å². The van der Waals surface area contributed by atoms with Gasteiger partial charge in [-0.05, 0) is 24.3 Å². The van der Waals surface area contributed by atoms with Crippen LogP contribution in [0.5, 0.6) is 5.75 Å². The van der Waals surface area contributed by atoms with E-state index in [1.807, 2.05) is 42.5 Å². The SMILES string of the molecule is COc1ccccc1-c1c(C(=O)O)nnn1-c1ccccc1. The molecular weight excluding hydrogens is 282 g/mol. The van der Waals surface area contributed by atoms with Crippen LogP contribution in [0.2, 0.25) is 0 Å². The zero-order valence-electron chi connectivity index (χ0n) is 11.8. The number of carboxylic acids is 1. The van der Waals surface area contributed by atoms with Gasteiger partial charge in [0.15, 0.2) is 5.69 Å². The highest BCUT2D eigenvalue weighted by atomic mass is 16.5. The zero-order chi connectivity index (χ0) is 15.5. The first-order chi connectivity index (χ1) is 10.7. The molecule has 0 unspecified atom stereocenters. The van der Waals surface area contributed by atoms with Gasteiger partial charge in [-0.1, -0.05) is 35.5 Å². The van der Waals surface area contributed by atoms with E-state index in [0.29, 0.717) is 17.0 Å². The average Bonchev–Trinajstić information content (AvgIpc) is 3.00. The fourth-order valence-electron chi connectivity index (χ4n) is 2.26. The molecule has 2 aromatic carbocycles. The Labute approximate surface area is 126 Å². The van der Waals surface area contributed by atoms with E-state index in [-0.39, 0.29) is 5.69 Å². The Bertz CT molecular complexity index is 813. The second-order valence-corrected chi connectivity index (χ2v) is 4.54. The number of carbonyl (C=O) groups is 1. The largest absolute Gasteiger partial charge is 0.496 e. The van der Waals surface area contributed by atoms with E-state index in [4.69, 9.17) is 4.74 Å². The highest BCUT2D eigenvalue weighted by molar-refractivity contribution is 5.94. The van der Waals surface area contributed by atoms with Crippen molar-refractivity contribution in [3.8, 4) is 22.7 Å². The number of aromatic nitrogens is 3. The molecule has 0 fully saturated rings. The number of hydrogen-bond donors (Lipinski definition) is 1. The molecule has 0 radical (unpaired) electrons. The highest BCUT2D eigenvalue weighted by Gasteiger charge is 2.23. The van der Waals surface area contributed by atoms with Crippen molar-refractivity contribution in [3.63, 3.8) is 0 Å². The number of carboxylic acid groups (broad SMARTS) is 1. The Morgan fingerprint density at radius 2 is 1.77 bits per heavy atom. The number of methoxy groups -OCH3 is 1. The number of benzene rings is 2. The van der Waals surface area contributed by atoms with Crippen LogP contribution in [0.15, 0.2) is 54.6 Å². The number of rotatable bonds is 4. The molecule has 1 heterocycles. The van der Waals surface area contributed by atoms with Crippen LogP contribution in [0.25, 0.3) is 16.9 Å². The summed E-state index contributed by atoms with van der Waals surface area (Å²) in [4.78, 5) is 11.5. The van der Waals surface area contributed by atoms with Crippen molar-refractivity contribution in [1.29, 1.82) is 0 Å². The second-order valence-electron chi connectivity index (χ2n) is 4.54. The van der Waals surface area contributed by atoms with Crippen molar-refractivity contribution in [3.05, 3.63) is 60.3 Å². The quantitative estimate of drug-likeness (QED) is 0.800. The third kappa shape index (κ3) is 2.31. The molecule has 0 atom stereocenters. The van der Waals surface area contributed by atoms with E-state index in [1.165, 1.54) is 11.8 Å². The molecule has 0 aliphatic carbocycles. The van der Waals surface area contributed by atoms with Gasteiger partial charge < -0.3 is 9.84 Å². The lowest BCUT2D eigenvalue weighted by Crippen LogP contribution is -2.04. The maximum absolute atomic E-state index is 11.5. The molecule has 110 valence electrons. The molecule has 6 heteroatoms.